The molecule has 1 N–H and O–H groups in total. The Kier molecular flexibility index (Phi) is 6.69. The van der Waals surface area contributed by atoms with Gasteiger partial charge in [0.15, 0.2) is 0 Å². The standard InChI is InChI=1S/C12H26N2S/c1-11(2)10-15-9-6-13-12-4-7-14(3)8-5-12/h11-13H,4-10H2,1-3H3. The van der Waals surface area contributed by atoms with Gasteiger partial charge in [0, 0.05) is 18.3 Å². The highest BCUT2D eigenvalue weighted by atomic mass is 32.2. The third-order valence-electron chi connectivity index (χ3n) is 2.85. The molecule has 2 nitrogen and oxygen atoms in total. The van der Waals surface area contributed by atoms with Gasteiger partial charge >= 0.3 is 0 Å². The van der Waals surface area contributed by atoms with Gasteiger partial charge in [0.2, 0.25) is 0 Å². The minimum absolute atomic E-state index is 0.779. The van der Waals surface area contributed by atoms with Crippen molar-refractivity contribution in [1.82, 2.24) is 10.2 Å². The lowest BCUT2D eigenvalue weighted by molar-refractivity contribution is 0.237. The average Bonchev–Trinajstić information content (AvgIpc) is 2.20. The largest absolute Gasteiger partial charge is 0.313 e. The van der Waals surface area contributed by atoms with Crippen molar-refractivity contribution < 1.29 is 0 Å². The van der Waals surface area contributed by atoms with Crippen LogP contribution in [0.25, 0.3) is 0 Å². The van der Waals surface area contributed by atoms with Crippen LogP contribution >= 0.6 is 11.8 Å². The summed E-state index contributed by atoms with van der Waals surface area (Å²) in [6, 6.07) is 0.779. The molecule has 0 unspecified atom stereocenters. The van der Waals surface area contributed by atoms with Gasteiger partial charge in [-0.3, -0.25) is 0 Å². The first-order valence-electron chi connectivity index (χ1n) is 6.18. The maximum absolute atomic E-state index is 3.67. The molecule has 0 saturated carbocycles. The molecule has 0 atom stereocenters. The van der Waals surface area contributed by atoms with Crippen molar-refractivity contribution in [3.63, 3.8) is 0 Å². The number of likely N-dealkylation sites (tertiary alicyclic amines) is 1. The van der Waals surface area contributed by atoms with E-state index in [4.69, 9.17) is 0 Å². The highest BCUT2D eigenvalue weighted by molar-refractivity contribution is 7.99. The molecule has 0 amide bonds. The Morgan fingerprint density at radius 1 is 1.33 bits per heavy atom. The second-order valence-electron chi connectivity index (χ2n) is 5.00. The maximum Gasteiger partial charge on any atom is 0.00917 e. The number of nitrogens with zero attached hydrogens (tertiary/aromatic N) is 1. The summed E-state index contributed by atoms with van der Waals surface area (Å²) in [5, 5.41) is 3.67. The molecule has 1 aliphatic heterocycles. The van der Waals surface area contributed by atoms with E-state index in [-0.39, 0.29) is 0 Å². The van der Waals surface area contributed by atoms with Crippen molar-refractivity contribution >= 4 is 11.8 Å². The normalized spacial score (nSPS) is 20.0. The molecule has 3 heteroatoms. The lowest BCUT2D eigenvalue weighted by Gasteiger charge is -2.29. The van der Waals surface area contributed by atoms with Crippen molar-refractivity contribution in [1.29, 1.82) is 0 Å². The van der Waals surface area contributed by atoms with Gasteiger partial charge in [-0.2, -0.15) is 11.8 Å². The average molecular weight is 230 g/mol. The fourth-order valence-corrected chi connectivity index (χ4v) is 2.77. The van der Waals surface area contributed by atoms with E-state index in [1.54, 1.807) is 0 Å². The van der Waals surface area contributed by atoms with Crippen LogP contribution in [0.4, 0.5) is 0 Å². The number of nitrogens with one attached hydrogen (secondary N) is 1. The summed E-state index contributed by atoms with van der Waals surface area (Å²) >= 11 is 2.08. The van der Waals surface area contributed by atoms with Crippen LogP contribution < -0.4 is 5.32 Å². The Bertz CT molecular complexity index is 154. The molecule has 0 bridgehead atoms. The molecule has 1 heterocycles. The summed E-state index contributed by atoms with van der Waals surface area (Å²) in [6.45, 7) is 8.29. The van der Waals surface area contributed by atoms with Crippen LogP contribution in [-0.2, 0) is 0 Å². The molecule has 1 fully saturated rings. The van der Waals surface area contributed by atoms with Gasteiger partial charge in [-0.05, 0) is 44.6 Å². The summed E-state index contributed by atoms with van der Waals surface area (Å²) in [7, 11) is 2.22. The Labute approximate surface area is 99.2 Å². The molecule has 0 radical (unpaired) electrons. The van der Waals surface area contributed by atoms with E-state index < -0.39 is 0 Å². The summed E-state index contributed by atoms with van der Waals surface area (Å²) < 4.78 is 0. The van der Waals surface area contributed by atoms with Crippen LogP contribution in [-0.4, -0.2) is 49.1 Å². The fraction of sp³-hybridized carbons (Fsp3) is 1.00. The van der Waals surface area contributed by atoms with Crippen LogP contribution in [0, 0.1) is 5.92 Å². The number of rotatable bonds is 6. The van der Waals surface area contributed by atoms with Crippen LogP contribution in [0.3, 0.4) is 0 Å². The molecule has 15 heavy (non-hydrogen) atoms. The molecule has 1 rings (SSSR count). The van der Waals surface area contributed by atoms with E-state index in [2.05, 4.69) is 42.9 Å². The Morgan fingerprint density at radius 3 is 2.60 bits per heavy atom. The predicted octanol–water partition coefficient (Wildman–Crippen LogP) is 2.06. The third-order valence-corrected chi connectivity index (χ3v) is 4.24. The molecule has 0 aliphatic carbocycles. The predicted molar refractivity (Wildman–Crippen MR) is 70.7 cm³/mol. The molecule has 0 aromatic rings. The van der Waals surface area contributed by atoms with Gasteiger partial charge < -0.3 is 10.2 Å². The van der Waals surface area contributed by atoms with Gasteiger partial charge in [-0.25, -0.2) is 0 Å². The van der Waals surface area contributed by atoms with Crippen molar-refractivity contribution in [3.05, 3.63) is 0 Å². The first kappa shape index (κ1) is 13.3. The minimum Gasteiger partial charge on any atom is -0.313 e. The third kappa shape index (κ3) is 6.44. The fourth-order valence-electron chi connectivity index (χ4n) is 1.87. The van der Waals surface area contributed by atoms with E-state index in [0.29, 0.717) is 0 Å². The van der Waals surface area contributed by atoms with Crippen molar-refractivity contribution in [3.8, 4) is 0 Å². The lowest BCUT2D eigenvalue weighted by Crippen LogP contribution is -2.41. The zero-order valence-electron chi connectivity index (χ0n) is 10.5. The summed E-state index contributed by atoms with van der Waals surface area (Å²) in [6.07, 6.45) is 2.65. The molecular weight excluding hydrogens is 204 g/mol. The molecule has 0 aromatic heterocycles. The van der Waals surface area contributed by atoms with Crippen LogP contribution in [0.2, 0.25) is 0 Å². The summed E-state index contributed by atoms with van der Waals surface area (Å²) in [5.74, 6) is 3.40. The Morgan fingerprint density at radius 2 is 2.00 bits per heavy atom. The quantitative estimate of drug-likeness (QED) is 0.703. The van der Waals surface area contributed by atoms with Gasteiger partial charge in [-0.1, -0.05) is 13.8 Å². The monoisotopic (exact) mass is 230 g/mol. The van der Waals surface area contributed by atoms with Gasteiger partial charge in [0.05, 0.1) is 0 Å². The Balaban J connectivity index is 1.91. The lowest BCUT2D eigenvalue weighted by atomic mass is 10.1. The first-order chi connectivity index (χ1) is 7.18. The van der Waals surface area contributed by atoms with E-state index in [1.807, 2.05) is 0 Å². The molecule has 1 aliphatic rings. The van der Waals surface area contributed by atoms with E-state index in [0.717, 1.165) is 12.0 Å². The summed E-state index contributed by atoms with van der Waals surface area (Å²) in [4.78, 5) is 2.42. The first-order valence-corrected chi connectivity index (χ1v) is 7.33. The molecule has 90 valence electrons. The highest BCUT2D eigenvalue weighted by Crippen LogP contribution is 2.09. The second-order valence-corrected chi connectivity index (χ2v) is 6.15. The maximum atomic E-state index is 3.67. The number of hydrogen-bond acceptors (Lipinski definition) is 3. The van der Waals surface area contributed by atoms with E-state index >= 15 is 0 Å². The molecule has 1 saturated heterocycles. The van der Waals surface area contributed by atoms with Crippen molar-refractivity contribution in [2.45, 2.75) is 32.7 Å². The van der Waals surface area contributed by atoms with Crippen molar-refractivity contribution in [2.24, 2.45) is 5.92 Å². The summed E-state index contributed by atoms with van der Waals surface area (Å²) in [5.41, 5.74) is 0. The van der Waals surface area contributed by atoms with Crippen LogP contribution in [0.5, 0.6) is 0 Å². The number of hydrogen-bond donors (Lipinski definition) is 1. The molecule has 0 spiro atoms. The van der Waals surface area contributed by atoms with Gasteiger partial charge in [-0.15, -0.1) is 0 Å². The SMILES string of the molecule is CC(C)CSCCNC1CCN(C)CC1. The topological polar surface area (TPSA) is 15.3 Å². The minimum atomic E-state index is 0.779. The highest BCUT2D eigenvalue weighted by Gasteiger charge is 2.15. The van der Waals surface area contributed by atoms with Gasteiger partial charge in [0.25, 0.3) is 0 Å². The van der Waals surface area contributed by atoms with Crippen LogP contribution in [0.1, 0.15) is 26.7 Å². The molecule has 0 aromatic carbocycles. The number of piperidine rings is 1. The number of thioether (sulfide) groups is 1. The zero-order valence-corrected chi connectivity index (χ0v) is 11.3. The van der Waals surface area contributed by atoms with E-state index in [1.165, 1.54) is 44.0 Å². The van der Waals surface area contributed by atoms with Crippen molar-refractivity contribution in [2.75, 3.05) is 38.2 Å². The van der Waals surface area contributed by atoms with Crippen LogP contribution in [0.15, 0.2) is 0 Å². The molecular formula is C12H26N2S. The second kappa shape index (κ2) is 7.53. The smallest absolute Gasteiger partial charge is 0.00917 e. The van der Waals surface area contributed by atoms with Gasteiger partial charge in [0.1, 0.15) is 0 Å². The van der Waals surface area contributed by atoms with E-state index in [9.17, 15) is 0 Å². The zero-order chi connectivity index (χ0) is 11.1. The Hall–Kier alpha value is 0.270.